The molecule has 0 aliphatic heterocycles. The van der Waals surface area contributed by atoms with E-state index in [2.05, 4.69) is 22.3 Å². The molecule has 0 aliphatic carbocycles. The predicted octanol–water partition coefficient (Wildman–Crippen LogP) is 2.17. The molecule has 2 rings (SSSR count). The molecule has 0 saturated carbocycles. The molecule has 0 aromatic carbocycles. The molecule has 0 saturated heterocycles. The Kier molecular flexibility index (Phi) is 3.76. The molecule has 17 heavy (non-hydrogen) atoms. The van der Waals surface area contributed by atoms with Crippen LogP contribution < -0.4 is 5.32 Å². The molecule has 2 aromatic heterocycles. The average Bonchev–Trinajstić information content (AvgIpc) is 2.74. The van der Waals surface area contributed by atoms with E-state index in [1.54, 1.807) is 12.4 Å². The van der Waals surface area contributed by atoms with Crippen LogP contribution in [0.2, 0.25) is 5.02 Å². The van der Waals surface area contributed by atoms with Crippen LogP contribution in [-0.2, 0) is 7.05 Å². The number of hydrogen-bond donors (Lipinski definition) is 1. The molecular formula is C12H15ClN4. The second-order valence-electron chi connectivity index (χ2n) is 3.74. The first-order chi connectivity index (χ1) is 8.24. The molecule has 0 aliphatic rings. The minimum absolute atomic E-state index is 0.0267. The van der Waals surface area contributed by atoms with Gasteiger partial charge in [-0.05, 0) is 24.7 Å². The number of aryl methyl sites for hydroxylation is 1. The summed E-state index contributed by atoms with van der Waals surface area (Å²) in [6.07, 6.45) is 3.53. The van der Waals surface area contributed by atoms with Crippen molar-refractivity contribution in [3.63, 3.8) is 0 Å². The van der Waals surface area contributed by atoms with Crippen LogP contribution in [-0.4, -0.2) is 21.3 Å². The van der Waals surface area contributed by atoms with Crippen LogP contribution in [0, 0.1) is 0 Å². The lowest BCUT2D eigenvalue weighted by Gasteiger charge is -2.18. The summed E-state index contributed by atoms with van der Waals surface area (Å²) in [4.78, 5) is 4.36. The molecule has 2 heterocycles. The van der Waals surface area contributed by atoms with Crippen LogP contribution in [0.4, 0.5) is 0 Å². The van der Waals surface area contributed by atoms with Crippen molar-refractivity contribution in [2.75, 3.05) is 6.54 Å². The van der Waals surface area contributed by atoms with Gasteiger partial charge in [-0.25, -0.2) is 0 Å². The minimum atomic E-state index is -0.0267. The van der Waals surface area contributed by atoms with Crippen LogP contribution in [0.3, 0.4) is 0 Å². The Morgan fingerprint density at radius 3 is 2.82 bits per heavy atom. The lowest BCUT2D eigenvalue weighted by Crippen LogP contribution is -2.25. The third kappa shape index (κ3) is 2.48. The normalized spacial score (nSPS) is 12.6. The molecule has 2 aromatic rings. The first-order valence-corrected chi connectivity index (χ1v) is 5.93. The molecule has 0 spiro atoms. The van der Waals surface area contributed by atoms with Crippen LogP contribution in [0.25, 0.3) is 0 Å². The molecule has 4 nitrogen and oxygen atoms in total. The molecule has 0 radical (unpaired) electrons. The molecule has 0 amide bonds. The van der Waals surface area contributed by atoms with Crippen molar-refractivity contribution < 1.29 is 0 Å². The topological polar surface area (TPSA) is 42.7 Å². The number of aromatic nitrogens is 3. The lowest BCUT2D eigenvalue weighted by atomic mass is 10.1. The zero-order chi connectivity index (χ0) is 12.3. The Morgan fingerprint density at radius 1 is 1.41 bits per heavy atom. The third-order valence-corrected chi connectivity index (χ3v) is 2.94. The predicted molar refractivity (Wildman–Crippen MR) is 68.0 cm³/mol. The molecular weight excluding hydrogens is 236 g/mol. The highest BCUT2D eigenvalue weighted by atomic mass is 35.5. The van der Waals surface area contributed by atoms with E-state index in [1.807, 2.05) is 29.9 Å². The Labute approximate surface area is 106 Å². The standard InChI is InChI=1S/C12H15ClN4/c1-3-14-12(10-6-8-16-17(10)2)11-9(13)5-4-7-15-11/h4-8,12,14H,3H2,1-2H3. The summed E-state index contributed by atoms with van der Waals surface area (Å²) in [5.41, 5.74) is 1.88. The SMILES string of the molecule is CCNC(c1ncccc1Cl)c1ccnn1C. The quantitative estimate of drug-likeness (QED) is 0.904. The van der Waals surface area contributed by atoms with Crippen LogP contribution >= 0.6 is 11.6 Å². The zero-order valence-corrected chi connectivity index (χ0v) is 10.6. The monoisotopic (exact) mass is 250 g/mol. The van der Waals surface area contributed by atoms with Gasteiger partial charge in [-0.15, -0.1) is 0 Å². The van der Waals surface area contributed by atoms with Gasteiger partial charge in [-0.1, -0.05) is 18.5 Å². The summed E-state index contributed by atoms with van der Waals surface area (Å²) in [6, 6.07) is 5.63. The Morgan fingerprint density at radius 2 is 2.24 bits per heavy atom. The van der Waals surface area contributed by atoms with Crippen molar-refractivity contribution >= 4 is 11.6 Å². The van der Waals surface area contributed by atoms with Gasteiger partial charge in [-0.2, -0.15) is 5.10 Å². The molecule has 1 N–H and O–H groups in total. The van der Waals surface area contributed by atoms with E-state index in [-0.39, 0.29) is 6.04 Å². The van der Waals surface area contributed by atoms with Crippen molar-refractivity contribution in [3.8, 4) is 0 Å². The van der Waals surface area contributed by atoms with Gasteiger partial charge < -0.3 is 5.32 Å². The van der Waals surface area contributed by atoms with Gasteiger partial charge >= 0.3 is 0 Å². The van der Waals surface area contributed by atoms with Crippen molar-refractivity contribution in [1.82, 2.24) is 20.1 Å². The van der Waals surface area contributed by atoms with Gasteiger partial charge in [0, 0.05) is 19.4 Å². The maximum Gasteiger partial charge on any atom is 0.0936 e. The first-order valence-electron chi connectivity index (χ1n) is 5.55. The number of pyridine rings is 1. The van der Waals surface area contributed by atoms with Gasteiger partial charge in [0.25, 0.3) is 0 Å². The maximum atomic E-state index is 6.19. The number of rotatable bonds is 4. The summed E-state index contributed by atoms with van der Waals surface area (Å²) in [7, 11) is 1.91. The van der Waals surface area contributed by atoms with Crippen LogP contribution in [0.1, 0.15) is 24.4 Å². The van der Waals surface area contributed by atoms with Crippen LogP contribution in [0.15, 0.2) is 30.6 Å². The van der Waals surface area contributed by atoms with Crippen molar-refractivity contribution in [2.24, 2.45) is 7.05 Å². The number of hydrogen-bond acceptors (Lipinski definition) is 3. The fourth-order valence-corrected chi connectivity index (χ4v) is 2.05. The summed E-state index contributed by atoms with van der Waals surface area (Å²) in [6.45, 7) is 2.89. The molecule has 1 unspecified atom stereocenters. The third-order valence-electron chi connectivity index (χ3n) is 2.62. The Bertz CT molecular complexity index is 495. The molecule has 90 valence electrons. The van der Waals surface area contributed by atoms with E-state index in [0.29, 0.717) is 5.02 Å². The summed E-state index contributed by atoms with van der Waals surface area (Å²) < 4.78 is 1.83. The smallest absolute Gasteiger partial charge is 0.0936 e. The Hall–Kier alpha value is -1.39. The van der Waals surface area contributed by atoms with E-state index in [9.17, 15) is 0 Å². The highest BCUT2D eigenvalue weighted by molar-refractivity contribution is 6.31. The van der Waals surface area contributed by atoms with E-state index in [4.69, 9.17) is 11.6 Å². The summed E-state index contributed by atoms with van der Waals surface area (Å²) >= 11 is 6.19. The second-order valence-corrected chi connectivity index (χ2v) is 4.15. The average molecular weight is 251 g/mol. The largest absolute Gasteiger partial charge is 0.304 e. The van der Waals surface area contributed by atoms with Gasteiger partial charge in [0.2, 0.25) is 0 Å². The van der Waals surface area contributed by atoms with E-state index >= 15 is 0 Å². The fraction of sp³-hybridized carbons (Fsp3) is 0.333. The molecule has 0 fully saturated rings. The van der Waals surface area contributed by atoms with Crippen molar-refractivity contribution in [2.45, 2.75) is 13.0 Å². The summed E-state index contributed by atoms with van der Waals surface area (Å²) in [5.74, 6) is 0. The maximum absolute atomic E-state index is 6.19. The zero-order valence-electron chi connectivity index (χ0n) is 9.89. The fourth-order valence-electron chi connectivity index (χ4n) is 1.82. The number of nitrogens with zero attached hydrogens (tertiary/aromatic N) is 3. The van der Waals surface area contributed by atoms with Gasteiger partial charge in [-0.3, -0.25) is 9.67 Å². The second kappa shape index (κ2) is 5.29. The van der Waals surface area contributed by atoms with E-state index in [0.717, 1.165) is 17.9 Å². The van der Waals surface area contributed by atoms with E-state index < -0.39 is 0 Å². The molecule has 0 bridgehead atoms. The highest BCUT2D eigenvalue weighted by Gasteiger charge is 2.19. The van der Waals surface area contributed by atoms with Gasteiger partial charge in [0.1, 0.15) is 0 Å². The van der Waals surface area contributed by atoms with E-state index in [1.165, 1.54) is 0 Å². The Balaban J connectivity index is 2.43. The molecule has 5 heteroatoms. The van der Waals surface area contributed by atoms with Crippen molar-refractivity contribution in [1.29, 1.82) is 0 Å². The minimum Gasteiger partial charge on any atom is -0.304 e. The summed E-state index contributed by atoms with van der Waals surface area (Å²) in [5, 5.41) is 8.22. The van der Waals surface area contributed by atoms with Gasteiger partial charge in [0.15, 0.2) is 0 Å². The number of halogens is 1. The highest BCUT2D eigenvalue weighted by Crippen LogP contribution is 2.25. The van der Waals surface area contributed by atoms with Crippen molar-refractivity contribution in [3.05, 3.63) is 47.0 Å². The number of nitrogens with one attached hydrogen (secondary N) is 1. The molecule has 1 atom stereocenters. The first kappa shape index (κ1) is 12.1. The van der Waals surface area contributed by atoms with Gasteiger partial charge in [0.05, 0.1) is 22.5 Å². The lowest BCUT2D eigenvalue weighted by molar-refractivity contribution is 0.562. The van der Waals surface area contributed by atoms with Crippen LogP contribution in [0.5, 0.6) is 0 Å².